The number of nitrogens with one attached hydrogen (secondary N) is 1. The average molecular weight is 351 g/mol. The molecule has 0 aliphatic carbocycles. The maximum atomic E-state index is 13.4. The van der Waals surface area contributed by atoms with Crippen LogP contribution < -0.4 is 10.1 Å². The molecule has 1 N–H and O–H groups in total. The number of Topliss-reactive ketones (excluding diaryl/α,β-unsaturated/α-hetero) is 1. The van der Waals surface area contributed by atoms with Crippen molar-refractivity contribution in [2.24, 2.45) is 0 Å². The molecule has 0 saturated carbocycles. The summed E-state index contributed by atoms with van der Waals surface area (Å²) in [5.74, 6) is -4.42. The lowest BCUT2D eigenvalue weighted by atomic mass is 10.1. The molecular weight excluding hydrogens is 335 g/mol. The number of hydrogen-bond donors (Lipinski definition) is 1. The number of ether oxygens (including phenoxy) is 1. The van der Waals surface area contributed by atoms with Gasteiger partial charge in [0, 0.05) is 12.0 Å². The van der Waals surface area contributed by atoms with E-state index >= 15 is 0 Å². The van der Waals surface area contributed by atoms with E-state index in [2.05, 4.69) is 5.32 Å². The zero-order valence-corrected chi connectivity index (χ0v) is 13.4. The van der Waals surface area contributed by atoms with Crippen molar-refractivity contribution in [2.45, 2.75) is 19.8 Å². The fourth-order valence-electron chi connectivity index (χ4n) is 2.04. The zero-order valence-electron chi connectivity index (χ0n) is 13.4. The molecule has 132 valence electrons. The Labute approximate surface area is 142 Å². The van der Waals surface area contributed by atoms with Crippen molar-refractivity contribution in [1.82, 2.24) is 0 Å². The van der Waals surface area contributed by atoms with E-state index in [9.17, 15) is 22.8 Å². The zero-order chi connectivity index (χ0) is 18.4. The van der Waals surface area contributed by atoms with Gasteiger partial charge in [-0.3, -0.25) is 9.59 Å². The van der Waals surface area contributed by atoms with E-state index in [1.165, 1.54) is 6.92 Å². The molecule has 0 atom stereocenters. The Balaban J connectivity index is 1.77. The van der Waals surface area contributed by atoms with E-state index in [-0.39, 0.29) is 18.8 Å². The second kappa shape index (κ2) is 8.32. The highest BCUT2D eigenvalue weighted by Crippen LogP contribution is 2.20. The number of carbonyl (C=O) groups is 2. The number of halogens is 3. The summed E-state index contributed by atoms with van der Waals surface area (Å²) in [5.41, 5.74) is 0.157. The number of rotatable bonds is 7. The molecule has 0 aliphatic heterocycles. The normalized spacial score (nSPS) is 10.4. The minimum Gasteiger partial charge on any atom is -0.494 e. The van der Waals surface area contributed by atoms with E-state index in [0.717, 1.165) is 12.1 Å². The molecule has 0 spiro atoms. The molecule has 0 unspecified atom stereocenters. The largest absolute Gasteiger partial charge is 0.494 e. The number of carbonyl (C=O) groups excluding carboxylic acids is 2. The van der Waals surface area contributed by atoms with E-state index in [1.54, 1.807) is 24.3 Å². The summed E-state index contributed by atoms with van der Waals surface area (Å²) >= 11 is 0. The van der Waals surface area contributed by atoms with Gasteiger partial charge in [0.2, 0.25) is 5.91 Å². The Bertz CT molecular complexity index is 776. The van der Waals surface area contributed by atoms with Crippen LogP contribution in [0.4, 0.5) is 18.9 Å². The quantitative estimate of drug-likeness (QED) is 0.464. The lowest BCUT2D eigenvalue weighted by Crippen LogP contribution is -2.14. The van der Waals surface area contributed by atoms with E-state index in [1.807, 2.05) is 0 Å². The minimum atomic E-state index is -1.63. The first-order valence-corrected chi connectivity index (χ1v) is 7.55. The van der Waals surface area contributed by atoms with Gasteiger partial charge in [-0.1, -0.05) is 0 Å². The molecule has 4 nitrogen and oxygen atoms in total. The van der Waals surface area contributed by atoms with Crippen LogP contribution in [-0.2, 0) is 4.79 Å². The SMILES string of the molecule is CC(=O)c1ccc(OCCCC(=O)Nc2ccc(F)c(F)c2F)cc1. The first-order valence-electron chi connectivity index (χ1n) is 7.55. The highest BCUT2D eigenvalue weighted by Gasteiger charge is 2.15. The first-order chi connectivity index (χ1) is 11.9. The third-order valence-corrected chi connectivity index (χ3v) is 3.39. The van der Waals surface area contributed by atoms with Crippen molar-refractivity contribution in [2.75, 3.05) is 11.9 Å². The van der Waals surface area contributed by atoms with Crippen LogP contribution in [0.25, 0.3) is 0 Å². The molecule has 0 heterocycles. The maximum Gasteiger partial charge on any atom is 0.224 e. The van der Waals surface area contributed by atoms with Crippen LogP contribution in [0.15, 0.2) is 36.4 Å². The third-order valence-electron chi connectivity index (χ3n) is 3.39. The Morgan fingerprint density at radius 3 is 2.32 bits per heavy atom. The van der Waals surface area contributed by atoms with Gasteiger partial charge < -0.3 is 10.1 Å². The van der Waals surface area contributed by atoms with Gasteiger partial charge in [-0.2, -0.15) is 0 Å². The van der Waals surface area contributed by atoms with Gasteiger partial charge in [-0.05, 0) is 49.7 Å². The van der Waals surface area contributed by atoms with E-state index < -0.39 is 29.0 Å². The Morgan fingerprint density at radius 1 is 1.00 bits per heavy atom. The smallest absolute Gasteiger partial charge is 0.224 e. The molecule has 0 saturated heterocycles. The van der Waals surface area contributed by atoms with E-state index in [4.69, 9.17) is 4.74 Å². The summed E-state index contributed by atoms with van der Waals surface area (Å²) in [6, 6.07) is 8.26. The summed E-state index contributed by atoms with van der Waals surface area (Å²) in [4.78, 5) is 22.9. The number of ketones is 1. The molecule has 25 heavy (non-hydrogen) atoms. The molecule has 0 radical (unpaired) electrons. The van der Waals surface area contributed by atoms with E-state index in [0.29, 0.717) is 17.7 Å². The minimum absolute atomic E-state index is 0.0178. The molecule has 0 bridgehead atoms. The summed E-state index contributed by atoms with van der Waals surface area (Å²) in [7, 11) is 0. The molecule has 0 fully saturated rings. The highest BCUT2D eigenvalue weighted by atomic mass is 19.2. The van der Waals surface area contributed by atoms with Gasteiger partial charge in [0.15, 0.2) is 23.2 Å². The van der Waals surface area contributed by atoms with Gasteiger partial charge in [0.25, 0.3) is 0 Å². The number of amides is 1. The van der Waals surface area contributed by atoms with Crippen molar-refractivity contribution in [3.05, 3.63) is 59.4 Å². The second-order valence-corrected chi connectivity index (χ2v) is 5.30. The van der Waals surface area contributed by atoms with Crippen molar-refractivity contribution in [3.8, 4) is 5.75 Å². The van der Waals surface area contributed by atoms with Gasteiger partial charge in [0.05, 0.1) is 12.3 Å². The summed E-state index contributed by atoms with van der Waals surface area (Å²) in [6.07, 6.45) is 0.357. The topological polar surface area (TPSA) is 55.4 Å². The fourth-order valence-corrected chi connectivity index (χ4v) is 2.04. The van der Waals surface area contributed by atoms with Crippen LogP contribution in [0.5, 0.6) is 5.75 Å². The molecule has 2 rings (SSSR count). The van der Waals surface area contributed by atoms with Gasteiger partial charge in [-0.15, -0.1) is 0 Å². The fraction of sp³-hybridized carbons (Fsp3) is 0.222. The first kappa shape index (κ1) is 18.5. The van der Waals surface area contributed by atoms with Crippen molar-refractivity contribution in [3.63, 3.8) is 0 Å². The lowest BCUT2D eigenvalue weighted by Gasteiger charge is -2.08. The monoisotopic (exact) mass is 351 g/mol. The van der Waals surface area contributed by atoms with Crippen molar-refractivity contribution in [1.29, 1.82) is 0 Å². The predicted molar refractivity (Wildman–Crippen MR) is 86.1 cm³/mol. The summed E-state index contributed by atoms with van der Waals surface area (Å²) < 4.78 is 44.8. The van der Waals surface area contributed by atoms with Crippen LogP contribution in [0.1, 0.15) is 30.1 Å². The highest BCUT2D eigenvalue weighted by molar-refractivity contribution is 5.94. The van der Waals surface area contributed by atoms with Gasteiger partial charge in [-0.25, -0.2) is 13.2 Å². The second-order valence-electron chi connectivity index (χ2n) is 5.30. The summed E-state index contributed by atoms with van der Waals surface area (Å²) in [6.45, 7) is 1.69. The van der Waals surface area contributed by atoms with Crippen molar-refractivity contribution < 1.29 is 27.5 Å². The Morgan fingerprint density at radius 2 is 1.68 bits per heavy atom. The van der Waals surface area contributed by atoms with Crippen LogP contribution >= 0.6 is 0 Å². The molecular formula is C18H16F3NO3. The molecule has 1 amide bonds. The number of benzene rings is 2. The van der Waals surface area contributed by atoms with Crippen LogP contribution in [-0.4, -0.2) is 18.3 Å². The third kappa shape index (κ3) is 5.07. The van der Waals surface area contributed by atoms with Crippen LogP contribution in [0.2, 0.25) is 0 Å². The molecule has 7 heteroatoms. The van der Waals surface area contributed by atoms with Gasteiger partial charge >= 0.3 is 0 Å². The maximum absolute atomic E-state index is 13.4. The standard InChI is InChI=1S/C18H16F3NO3/c1-11(23)12-4-6-13(7-5-12)25-10-2-3-16(24)22-15-9-8-14(19)17(20)18(15)21/h4-9H,2-3,10H2,1H3,(H,22,24). The Hall–Kier alpha value is -2.83. The Kier molecular flexibility index (Phi) is 6.16. The number of anilines is 1. The average Bonchev–Trinajstić information content (AvgIpc) is 2.59. The van der Waals surface area contributed by atoms with Crippen LogP contribution in [0, 0.1) is 17.5 Å². The van der Waals surface area contributed by atoms with Crippen molar-refractivity contribution >= 4 is 17.4 Å². The molecule has 2 aromatic rings. The molecule has 2 aromatic carbocycles. The van der Waals surface area contributed by atoms with Crippen LogP contribution in [0.3, 0.4) is 0 Å². The molecule has 0 aliphatic rings. The van der Waals surface area contributed by atoms with Gasteiger partial charge in [0.1, 0.15) is 5.75 Å². The predicted octanol–water partition coefficient (Wildman–Crippen LogP) is 4.10. The summed E-state index contributed by atoms with van der Waals surface area (Å²) in [5, 5.41) is 2.18. The lowest BCUT2D eigenvalue weighted by molar-refractivity contribution is -0.116. The number of hydrogen-bond acceptors (Lipinski definition) is 3. The molecule has 0 aromatic heterocycles.